The van der Waals surface area contributed by atoms with Crippen LogP contribution in [0.5, 0.6) is 0 Å². The maximum atomic E-state index is 13.9. The zero-order valence-electron chi connectivity index (χ0n) is 16.6. The fraction of sp³-hybridized carbons (Fsp3) is 0.269. The molecule has 5 rings (SSSR count). The van der Waals surface area contributed by atoms with Crippen molar-refractivity contribution in [2.45, 2.75) is 38.0 Å². The summed E-state index contributed by atoms with van der Waals surface area (Å²) >= 11 is 0. The first-order valence-corrected chi connectivity index (χ1v) is 10.3. The number of hydrogen-bond acceptors (Lipinski definition) is 2. The highest BCUT2D eigenvalue weighted by Gasteiger charge is 2.44. The Balaban J connectivity index is 1.57. The zero-order chi connectivity index (χ0) is 19.8. The molecule has 0 radical (unpaired) electrons. The number of carbonyl (C=O) groups excluding carboxylic acids is 1. The fourth-order valence-electron chi connectivity index (χ4n) is 4.77. The average Bonchev–Trinajstić information content (AvgIpc) is 3.13. The molecular weight excluding hydrogens is 358 g/mol. The first-order chi connectivity index (χ1) is 14.2. The van der Waals surface area contributed by atoms with Crippen LogP contribution in [0.25, 0.3) is 0 Å². The van der Waals surface area contributed by atoms with Gasteiger partial charge >= 0.3 is 0 Å². The summed E-state index contributed by atoms with van der Waals surface area (Å²) in [4.78, 5) is 15.9. The Morgan fingerprint density at radius 3 is 2.48 bits per heavy atom. The van der Waals surface area contributed by atoms with E-state index in [9.17, 15) is 4.79 Å². The van der Waals surface area contributed by atoms with E-state index >= 15 is 0 Å². The minimum Gasteiger partial charge on any atom is -0.355 e. The van der Waals surface area contributed by atoms with Crippen LogP contribution in [0.3, 0.4) is 0 Å². The van der Waals surface area contributed by atoms with E-state index in [0.717, 1.165) is 17.5 Å². The highest BCUT2D eigenvalue weighted by atomic mass is 16.5. The van der Waals surface area contributed by atoms with Gasteiger partial charge in [0, 0.05) is 6.42 Å². The molecule has 1 amide bonds. The SMILES string of the molecule is Cc1ccccc1C[C@H]1C(=O)N2[C@@H](c3ccccc3)CO[C@@H]2Cc2ccccc21. The summed E-state index contributed by atoms with van der Waals surface area (Å²) in [5.41, 5.74) is 5.97. The second-order valence-electron chi connectivity index (χ2n) is 8.05. The van der Waals surface area contributed by atoms with E-state index in [1.807, 2.05) is 29.2 Å². The van der Waals surface area contributed by atoms with E-state index in [1.54, 1.807) is 0 Å². The normalized spacial score (nSPS) is 23.4. The van der Waals surface area contributed by atoms with Gasteiger partial charge in [-0.05, 0) is 41.2 Å². The average molecular weight is 383 g/mol. The van der Waals surface area contributed by atoms with E-state index in [4.69, 9.17) is 4.74 Å². The van der Waals surface area contributed by atoms with E-state index in [2.05, 4.69) is 61.5 Å². The lowest BCUT2D eigenvalue weighted by molar-refractivity contribution is -0.138. The number of hydrogen-bond donors (Lipinski definition) is 0. The molecule has 2 aliphatic rings. The molecule has 146 valence electrons. The van der Waals surface area contributed by atoms with Crippen molar-refractivity contribution < 1.29 is 9.53 Å². The number of rotatable bonds is 3. The summed E-state index contributed by atoms with van der Waals surface area (Å²) in [6.45, 7) is 2.68. The molecule has 3 heteroatoms. The third-order valence-electron chi connectivity index (χ3n) is 6.34. The van der Waals surface area contributed by atoms with Crippen LogP contribution in [0.4, 0.5) is 0 Å². The van der Waals surface area contributed by atoms with Crippen molar-refractivity contribution >= 4 is 5.91 Å². The molecule has 29 heavy (non-hydrogen) atoms. The summed E-state index contributed by atoms with van der Waals surface area (Å²) in [5.74, 6) is -0.0141. The maximum Gasteiger partial charge on any atom is 0.233 e. The van der Waals surface area contributed by atoms with Gasteiger partial charge in [-0.3, -0.25) is 4.79 Å². The highest BCUT2D eigenvalue weighted by molar-refractivity contribution is 5.86. The predicted molar refractivity (Wildman–Crippen MR) is 114 cm³/mol. The zero-order valence-corrected chi connectivity index (χ0v) is 16.6. The van der Waals surface area contributed by atoms with Crippen molar-refractivity contribution in [1.82, 2.24) is 4.90 Å². The van der Waals surface area contributed by atoms with Gasteiger partial charge in [-0.1, -0.05) is 78.9 Å². The van der Waals surface area contributed by atoms with Gasteiger partial charge in [-0.2, -0.15) is 0 Å². The third kappa shape index (κ3) is 3.26. The number of fused-ring (bicyclic) bond motifs is 2. The predicted octanol–water partition coefficient (Wildman–Crippen LogP) is 4.80. The Morgan fingerprint density at radius 1 is 0.931 bits per heavy atom. The summed E-state index contributed by atoms with van der Waals surface area (Å²) < 4.78 is 6.16. The Hall–Kier alpha value is -2.91. The Kier molecular flexibility index (Phi) is 4.69. The molecule has 0 saturated carbocycles. The summed E-state index contributed by atoms with van der Waals surface area (Å²) in [5, 5.41) is 0. The molecule has 0 N–H and O–H groups in total. The molecule has 3 nitrogen and oxygen atoms in total. The molecule has 0 aliphatic carbocycles. The van der Waals surface area contributed by atoms with Crippen LogP contribution in [-0.4, -0.2) is 23.6 Å². The number of aryl methyl sites for hydroxylation is 1. The van der Waals surface area contributed by atoms with Crippen LogP contribution >= 0.6 is 0 Å². The largest absolute Gasteiger partial charge is 0.355 e. The van der Waals surface area contributed by atoms with Gasteiger partial charge in [0.25, 0.3) is 0 Å². The maximum absolute atomic E-state index is 13.9. The second-order valence-corrected chi connectivity index (χ2v) is 8.05. The van der Waals surface area contributed by atoms with E-state index in [0.29, 0.717) is 13.0 Å². The molecule has 0 aromatic heterocycles. The van der Waals surface area contributed by atoms with Crippen molar-refractivity contribution in [2.75, 3.05) is 6.61 Å². The molecule has 3 atom stereocenters. The fourth-order valence-corrected chi connectivity index (χ4v) is 4.77. The molecule has 3 aromatic rings. The molecular formula is C26H25NO2. The van der Waals surface area contributed by atoms with Gasteiger partial charge in [0.05, 0.1) is 18.6 Å². The first kappa shape index (κ1) is 18.1. The molecule has 1 fully saturated rings. The Labute approximate surface area is 171 Å². The van der Waals surface area contributed by atoms with Crippen LogP contribution in [0.15, 0.2) is 78.9 Å². The van der Waals surface area contributed by atoms with Gasteiger partial charge in [0.2, 0.25) is 5.91 Å². The molecule has 0 spiro atoms. The van der Waals surface area contributed by atoms with Crippen LogP contribution in [0, 0.1) is 6.92 Å². The van der Waals surface area contributed by atoms with Gasteiger partial charge in [0.15, 0.2) is 0 Å². The molecule has 2 aliphatic heterocycles. The number of amides is 1. The summed E-state index contributed by atoms with van der Waals surface area (Å²) in [6.07, 6.45) is 1.26. The Morgan fingerprint density at radius 2 is 1.66 bits per heavy atom. The van der Waals surface area contributed by atoms with Gasteiger partial charge < -0.3 is 9.64 Å². The van der Waals surface area contributed by atoms with Crippen molar-refractivity contribution in [3.05, 3.63) is 107 Å². The summed E-state index contributed by atoms with van der Waals surface area (Å²) in [7, 11) is 0. The van der Waals surface area contributed by atoms with Crippen LogP contribution in [0.1, 0.15) is 39.8 Å². The minimum atomic E-state index is -0.198. The van der Waals surface area contributed by atoms with E-state index in [-0.39, 0.29) is 24.1 Å². The van der Waals surface area contributed by atoms with E-state index < -0.39 is 0 Å². The van der Waals surface area contributed by atoms with Gasteiger partial charge in [-0.25, -0.2) is 0 Å². The van der Waals surface area contributed by atoms with Crippen LogP contribution in [-0.2, 0) is 22.4 Å². The quantitative estimate of drug-likeness (QED) is 0.650. The van der Waals surface area contributed by atoms with Crippen LogP contribution < -0.4 is 0 Å². The second kappa shape index (κ2) is 7.49. The topological polar surface area (TPSA) is 29.5 Å². The Bertz CT molecular complexity index is 1030. The number of ether oxygens (including phenoxy) is 1. The molecule has 3 aromatic carbocycles. The number of benzene rings is 3. The molecule has 2 heterocycles. The molecule has 1 saturated heterocycles. The summed E-state index contributed by atoms with van der Waals surface area (Å²) in [6, 6.07) is 27.0. The first-order valence-electron chi connectivity index (χ1n) is 10.3. The number of carbonyl (C=O) groups is 1. The van der Waals surface area contributed by atoms with Crippen molar-refractivity contribution in [3.8, 4) is 0 Å². The standard InChI is InChI=1S/C26H25NO2/c1-18-9-5-6-12-20(18)15-23-22-14-8-7-13-21(22)16-25-27(26(23)28)24(17-29-25)19-10-3-2-4-11-19/h2-14,23-25H,15-17H2,1H3/t23-,24-,25-/m1/s1. The van der Waals surface area contributed by atoms with E-state index in [1.165, 1.54) is 16.7 Å². The van der Waals surface area contributed by atoms with Gasteiger partial charge in [-0.15, -0.1) is 0 Å². The number of nitrogens with zero attached hydrogens (tertiary/aromatic N) is 1. The lowest BCUT2D eigenvalue weighted by Gasteiger charge is -2.29. The van der Waals surface area contributed by atoms with Gasteiger partial charge in [0.1, 0.15) is 6.23 Å². The van der Waals surface area contributed by atoms with Crippen molar-refractivity contribution in [1.29, 1.82) is 0 Å². The van der Waals surface area contributed by atoms with Crippen molar-refractivity contribution in [2.24, 2.45) is 0 Å². The smallest absolute Gasteiger partial charge is 0.233 e. The third-order valence-corrected chi connectivity index (χ3v) is 6.34. The monoisotopic (exact) mass is 383 g/mol. The lowest BCUT2D eigenvalue weighted by Crippen LogP contribution is -2.40. The lowest BCUT2D eigenvalue weighted by atomic mass is 9.86. The minimum absolute atomic E-state index is 0.0256. The highest BCUT2D eigenvalue weighted by Crippen LogP contribution is 2.40. The molecule has 0 unspecified atom stereocenters. The van der Waals surface area contributed by atoms with Crippen molar-refractivity contribution in [3.63, 3.8) is 0 Å². The van der Waals surface area contributed by atoms with Crippen LogP contribution in [0.2, 0.25) is 0 Å². The molecule has 0 bridgehead atoms.